The van der Waals surface area contributed by atoms with Crippen LogP contribution >= 0.6 is 0 Å². The zero-order chi connectivity index (χ0) is 34.8. The third-order valence-corrected chi connectivity index (χ3v) is 9.27. The van der Waals surface area contributed by atoms with E-state index in [-0.39, 0.29) is 22.5 Å². The molecule has 1 heterocycles. The van der Waals surface area contributed by atoms with Gasteiger partial charge in [-0.15, -0.1) is 0 Å². The number of aryl methyl sites for hydroxylation is 1. The van der Waals surface area contributed by atoms with Crippen LogP contribution in [0.25, 0.3) is 11.1 Å². The molecule has 0 aliphatic heterocycles. The normalized spacial score (nSPS) is 11.0. The van der Waals surface area contributed by atoms with Gasteiger partial charge in [-0.05, 0) is 96.8 Å². The van der Waals surface area contributed by atoms with Crippen LogP contribution in [0.1, 0.15) is 31.8 Å². The van der Waals surface area contributed by atoms with Crippen molar-refractivity contribution in [1.82, 2.24) is 15.2 Å². The topological polar surface area (TPSA) is 130 Å². The number of rotatable bonds is 14. The molecule has 0 aliphatic carbocycles. The Bertz CT molecular complexity index is 2040. The van der Waals surface area contributed by atoms with Gasteiger partial charge in [0.05, 0.1) is 12.8 Å². The fourth-order valence-electron chi connectivity index (χ4n) is 5.24. The number of sulfonamides is 1. The van der Waals surface area contributed by atoms with Gasteiger partial charge in [0.15, 0.2) is 0 Å². The Kier molecular flexibility index (Phi) is 11.3. The van der Waals surface area contributed by atoms with Crippen molar-refractivity contribution in [2.45, 2.75) is 18.2 Å². The Balaban J connectivity index is 1.25. The lowest BCUT2D eigenvalue weighted by Gasteiger charge is -2.18. The van der Waals surface area contributed by atoms with E-state index in [9.17, 15) is 18.0 Å². The summed E-state index contributed by atoms with van der Waals surface area (Å²) in [5.74, 6) is -0.121. The second kappa shape index (κ2) is 15.9. The van der Waals surface area contributed by atoms with E-state index < -0.39 is 10.0 Å². The summed E-state index contributed by atoms with van der Waals surface area (Å²) in [5.41, 5.74) is 5.51. The van der Waals surface area contributed by atoms with Gasteiger partial charge in [-0.3, -0.25) is 19.3 Å². The molecular weight excluding hydrogens is 639 g/mol. The minimum Gasteiger partial charge on any atom is -0.495 e. The summed E-state index contributed by atoms with van der Waals surface area (Å²) in [5, 5.41) is 6.09. The number of aromatic nitrogens is 1. The SMILES string of the molecule is COc1ccc(-c2cccc(C(=O)N(C)CCc3ccncc3)c2)cc1S(=O)(=O)Nc1cccc(NCCNC(=O)c2cccc(C)c2)c1. The van der Waals surface area contributed by atoms with Crippen LogP contribution in [0.4, 0.5) is 11.4 Å². The fraction of sp³-hybridized carbons (Fsp3) is 0.184. The number of hydrogen-bond donors (Lipinski definition) is 3. The molecule has 252 valence electrons. The number of nitrogens with zero attached hydrogens (tertiary/aromatic N) is 2. The summed E-state index contributed by atoms with van der Waals surface area (Å²) in [7, 11) is -0.914. The molecule has 0 spiro atoms. The maximum absolute atomic E-state index is 13.7. The van der Waals surface area contributed by atoms with Crippen LogP contribution in [0.2, 0.25) is 0 Å². The molecular formula is C38H39N5O5S. The number of carbonyl (C=O) groups excluding carboxylic acids is 2. The second-order valence-corrected chi connectivity index (χ2v) is 13.2. The monoisotopic (exact) mass is 677 g/mol. The van der Waals surface area contributed by atoms with Crippen molar-refractivity contribution < 1.29 is 22.7 Å². The van der Waals surface area contributed by atoms with E-state index in [1.54, 1.807) is 78.9 Å². The standard InChI is InChI=1S/C38H39N5O5S/c1-27-7-4-9-31(23-27)37(44)41-21-20-40-33-11-6-12-34(26-33)42-49(46,47)36-25-30(13-14-35(36)48-3)29-8-5-10-32(24-29)38(45)43(2)22-17-28-15-18-39-19-16-28/h4-16,18-19,23-26,40,42H,17,20-22H2,1-3H3,(H,41,44). The number of nitrogens with one attached hydrogen (secondary N) is 3. The van der Waals surface area contributed by atoms with E-state index in [0.717, 1.165) is 11.1 Å². The van der Waals surface area contributed by atoms with Gasteiger partial charge < -0.3 is 20.3 Å². The first-order valence-electron chi connectivity index (χ1n) is 15.8. The molecule has 2 amide bonds. The molecule has 11 heteroatoms. The predicted octanol–water partition coefficient (Wildman–Crippen LogP) is 6.02. The lowest BCUT2D eigenvalue weighted by molar-refractivity contribution is 0.0796. The van der Waals surface area contributed by atoms with E-state index >= 15 is 0 Å². The lowest BCUT2D eigenvalue weighted by atomic mass is 10.0. The average molecular weight is 678 g/mol. The van der Waals surface area contributed by atoms with Crippen molar-refractivity contribution in [2.75, 3.05) is 43.8 Å². The summed E-state index contributed by atoms with van der Waals surface area (Å²) >= 11 is 0. The Morgan fingerprint density at radius 1 is 0.796 bits per heavy atom. The average Bonchev–Trinajstić information content (AvgIpc) is 3.12. The smallest absolute Gasteiger partial charge is 0.265 e. The zero-order valence-electron chi connectivity index (χ0n) is 27.6. The zero-order valence-corrected chi connectivity index (χ0v) is 28.5. The fourth-order valence-corrected chi connectivity index (χ4v) is 6.49. The highest BCUT2D eigenvalue weighted by molar-refractivity contribution is 7.92. The van der Waals surface area contributed by atoms with Crippen LogP contribution in [0.15, 0.2) is 120 Å². The highest BCUT2D eigenvalue weighted by atomic mass is 32.2. The van der Waals surface area contributed by atoms with Crippen molar-refractivity contribution in [3.8, 4) is 16.9 Å². The maximum atomic E-state index is 13.7. The van der Waals surface area contributed by atoms with E-state index in [2.05, 4.69) is 20.3 Å². The van der Waals surface area contributed by atoms with Gasteiger partial charge in [0.2, 0.25) is 0 Å². The third-order valence-electron chi connectivity index (χ3n) is 7.86. The number of likely N-dealkylation sites (N-methyl/N-ethyl adjacent to an activating group) is 1. The molecule has 0 saturated heterocycles. The quantitative estimate of drug-likeness (QED) is 0.123. The number of ether oxygens (including phenoxy) is 1. The molecule has 5 aromatic rings. The predicted molar refractivity (Wildman–Crippen MR) is 193 cm³/mol. The molecule has 10 nitrogen and oxygen atoms in total. The molecule has 0 radical (unpaired) electrons. The van der Waals surface area contributed by atoms with Crippen molar-refractivity contribution in [3.63, 3.8) is 0 Å². The molecule has 0 bridgehead atoms. The van der Waals surface area contributed by atoms with Crippen molar-refractivity contribution in [3.05, 3.63) is 138 Å². The molecule has 0 unspecified atom stereocenters. The number of methoxy groups -OCH3 is 1. The highest BCUT2D eigenvalue weighted by Gasteiger charge is 2.22. The second-order valence-electron chi connectivity index (χ2n) is 11.5. The molecule has 1 aromatic heterocycles. The summed E-state index contributed by atoms with van der Waals surface area (Å²) in [4.78, 5) is 31.3. The molecule has 0 fully saturated rings. The number of hydrogen-bond acceptors (Lipinski definition) is 7. The van der Waals surface area contributed by atoms with Gasteiger partial charge in [0, 0.05) is 55.9 Å². The van der Waals surface area contributed by atoms with E-state index in [0.29, 0.717) is 59.7 Å². The van der Waals surface area contributed by atoms with Crippen molar-refractivity contribution in [1.29, 1.82) is 0 Å². The number of benzene rings is 4. The van der Waals surface area contributed by atoms with E-state index in [4.69, 9.17) is 4.74 Å². The molecule has 0 aliphatic rings. The molecule has 49 heavy (non-hydrogen) atoms. The number of pyridine rings is 1. The van der Waals surface area contributed by atoms with Gasteiger partial charge in [-0.2, -0.15) is 0 Å². The molecule has 0 saturated carbocycles. The molecule has 0 atom stereocenters. The summed E-state index contributed by atoms with van der Waals surface area (Å²) in [6, 6.07) is 30.1. The Hall–Kier alpha value is -5.68. The Labute approximate surface area is 287 Å². The molecule has 4 aromatic carbocycles. The van der Waals surface area contributed by atoms with Crippen LogP contribution in [-0.4, -0.2) is 63.9 Å². The van der Waals surface area contributed by atoms with Gasteiger partial charge in [0.25, 0.3) is 21.8 Å². The van der Waals surface area contributed by atoms with Crippen LogP contribution in [-0.2, 0) is 16.4 Å². The minimum absolute atomic E-state index is 0.0454. The van der Waals surface area contributed by atoms with Crippen LogP contribution in [0.3, 0.4) is 0 Å². The van der Waals surface area contributed by atoms with Crippen molar-refractivity contribution >= 4 is 33.2 Å². The van der Waals surface area contributed by atoms with Gasteiger partial charge in [0.1, 0.15) is 10.6 Å². The van der Waals surface area contributed by atoms with E-state index in [1.165, 1.54) is 13.2 Å². The van der Waals surface area contributed by atoms with Gasteiger partial charge in [-0.1, -0.05) is 42.0 Å². The van der Waals surface area contributed by atoms with Crippen LogP contribution in [0, 0.1) is 6.92 Å². The first kappa shape index (κ1) is 34.6. The van der Waals surface area contributed by atoms with Crippen LogP contribution < -0.4 is 20.1 Å². The number of amides is 2. The van der Waals surface area contributed by atoms with Gasteiger partial charge in [-0.25, -0.2) is 8.42 Å². The minimum atomic E-state index is -4.09. The summed E-state index contributed by atoms with van der Waals surface area (Å²) in [6.07, 6.45) is 4.16. The Morgan fingerprint density at radius 3 is 2.29 bits per heavy atom. The lowest BCUT2D eigenvalue weighted by Crippen LogP contribution is -2.28. The van der Waals surface area contributed by atoms with Crippen molar-refractivity contribution in [2.24, 2.45) is 0 Å². The first-order chi connectivity index (χ1) is 23.6. The first-order valence-corrected chi connectivity index (χ1v) is 17.3. The number of anilines is 2. The molecule has 3 N–H and O–H groups in total. The summed E-state index contributed by atoms with van der Waals surface area (Å²) in [6.45, 7) is 3.28. The molecule has 5 rings (SSSR count). The largest absolute Gasteiger partial charge is 0.495 e. The van der Waals surface area contributed by atoms with E-state index in [1.807, 2.05) is 49.4 Å². The maximum Gasteiger partial charge on any atom is 0.265 e. The highest BCUT2D eigenvalue weighted by Crippen LogP contribution is 2.32. The third kappa shape index (κ3) is 9.23. The van der Waals surface area contributed by atoms with Gasteiger partial charge >= 0.3 is 0 Å². The summed E-state index contributed by atoms with van der Waals surface area (Å²) < 4.78 is 35.5. The van der Waals surface area contributed by atoms with Crippen LogP contribution in [0.5, 0.6) is 5.75 Å². The number of carbonyl (C=O) groups is 2. The Morgan fingerprint density at radius 2 is 1.51 bits per heavy atom.